The lowest BCUT2D eigenvalue weighted by atomic mass is 10.3. The number of hydrogen-bond acceptors (Lipinski definition) is 5. The first-order chi connectivity index (χ1) is 9.27. The van der Waals surface area contributed by atoms with Gasteiger partial charge in [0, 0.05) is 25.7 Å². The summed E-state index contributed by atoms with van der Waals surface area (Å²) in [6, 6.07) is 3.13. The summed E-state index contributed by atoms with van der Waals surface area (Å²) in [4.78, 5) is 10.7. The van der Waals surface area contributed by atoms with Gasteiger partial charge in [0.25, 0.3) is 0 Å². The molecule has 0 aliphatic carbocycles. The van der Waals surface area contributed by atoms with E-state index in [1.54, 1.807) is 0 Å². The molecule has 0 fully saturated rings. The number of benzene rings is 1. The number of anilines is 1. The minimum atomic E-state index is -3.83. The van der Waals surface area contributed by atoms with Gasteiger partial charge in [0.15, 0.2) is 0 Å². The third kappa shape index (κ3) is 4.17. The Hall–Kier alpha value is -1.67. The van der Waals surface area contributed by atoms with Crippen LogP contribution in [-0.2, 0) is 19.6 Å². The summed E-state index contributed by atoms with van der Waals surface area (Å²) in [6.07, 6.45) is 0.425. The molecule has 0 heterocycles. The van der Waals surface area contributed by atoms with E-state index in [1.807, 2.05) is 0 Å². The number of nitrogens with zero attached hydrogens (tertiary/aromatic N) is 1. The SMILES string of the molecule is COC(=O)CCCN(C)S(=O)(=O)c1cc(N)cc(F)c1. The van der Waals surface area contributed by atoms with Crippen molar-refractivity contribution in [2.45, 2.75) is 17.7 Å². The van der Waals surface area contributed by atoms with Gasteiger partial charge < -0.3 is 10.5 Å². The second-order valence-corrected chi connectivity index (χ2v) is 6.27. The Balaban J connectivity index is 2.79. The van der Waals surface area contributed by atoms with Gasteiger partial charge in [-0.1, -0.05) is 0 Å². The van der Waals surface area contributed by atoms with E-state index in [-0.39, 0.29) is 23.5 Å². The van der Waals surface area contributed by atoms with E-state index in [4.69, 9.17) is 5.73 Å². The lowest BCUT2D eigenvalue weighted by Gasteiger charge is -2.17. The maximum Gasteiger partial charge on any atom is 0.305 e. The van der Waals surface area contributed by atoms with Gasteiger partial charge >= 0.3 is 5.97 Å². The van der Waals surface area contributed by atoms with Crippen molar-refractivity contribution in [1.82, 2.24) is 4.31 Å². The molecule has 2 N–H and O–H groups in total. The zero-order valence-electron chi connectivity index (χ0n) is 11.3. The van der Waals surface area contributed by atoms with Crippen LogP contribution in [0.2, 0.25) is 0 Å². The third-order valence-corrected chi connectivity index (χ3v) is 4.52. The van der Waals surface area contributed by atoms with Crippen LogP contribution in [0, 0.1) is 5.82 Å². The molecule has 0 aliphatic heterocycles. The number of sulfonamides is 1. The summed E-state index contributed by atoms with van der Waals surface area (Å²) in [7, 11) is -1.21. The predicted octanol–water partition coefficient (Wildman–Crippen LogP) is 0.982. The Labute approximate surface area is 117 Å². The van der Waals surface area contributed by atoms with Gasteiger partial charge in [0.2, 0.25) is 10.0 Å². The Morgan fingerprint density at radius 1 is 1.40 bits per heavy atom. The monoisotopic (exact) mass is 304 g/mol. The average Bonchev–Trinajstić information content (AvgIpc) is 2.37. The molecule has 6 nitrogen and oxygen atoms in total. The van der Waals surface area contributed by atoms with Crippen LogP contribution in [0.1, 0.15) is 12.8 Å². The Bertz CT molecular complexity index is 569. The average molecular weight is 304 g/mol. The molecule has 20 heavy (non-hydrogen) atoms. The molecule has 1 aromatic carbocycles. The highest BCUT2D eigenvalue weighted by atomic mass is 32.2. The maximum absolute atomic E-state index is 13.2. The lowest BCUT2D eigenvalue weighted by Crippen LogP contribution is -2.28. The molecule has 0 unspecified atom stereocenters. The summed E-state index contributed by atoms with van der Waals surface area (Å²) >= 11 is 0. The number of rotatable bonds is 6. The predicted molar refractivity (Wildman–Crippen MR) is 71.9 cm³/mol. The molecular formula is C12H17FN2O4S. The second-order valence-electron chi connectivity index (χ2n) is 4.23. The molecule has 0 radical (unpaired) electrons. The van der Waals surface area contributed by atoms with Crippen molar-refractivity contribution < 1.29 is 22.3 Å². The Morgan fingerprint density at radius 2 is 2.05 bits per heavy atom. The largest absolute Gasteiger partial charge is 0.469 e. The lowest BCUT2D eigenvalue weighted by molar-refractivity contribution is -0.140. The van der Waals surface area contributed by atoms with Crippen molar-refractivity contribution >= 4 is 21.7 Å². The van der Waals surface area contributed by atoms with Crippen LogP contribution >= 0.6 is 0 Å². The highest BCUT2D eigenvalue weighted by molar-refractivity contribution is 7.89. The van der Waals surface area contributed by atoms with Gasteiger partial charge in [-0.25, -0.2) is 17.1 Å². The van der Waals surface area contributed by atoms with Gasteiger partial charge in [-0.15, -0.1) is 0 Å². The van der Waals surface area contributed by atoms with Crippen LogP contribution in [0.3, 0.4) is 0 Å². The van der Waals surface area contributed by atoms with Gasteiger partial charge in [-0.3, -0.25) is 4.79 Å². The number of nitrogens with two attached hydrogens (primary N) is 1. The fraction of sp³-hybridized carbons (Fsp3) is 0.417. The van der Waals surface area contributed by atoms with E-state index < -0.39 is 21.8 Å². The van der Waals surface area contributed by atoms with E-state index in [9.17, 15) is 17.6 Å². The normalized spacial score (nSPS) is 11.6. The first-order valence-corrected chi connectivity index (χ1v) is 7.30. The van der Waals surface area contributed by atoms with Crippen LogP contribution in [0.5, 0.6) is 0 Å². The quantitative estimate of drug-likeness (QED) is 0.625. The summed E-state index contributed by atoms with van der Waals surface area (Å²) < 4.78 is 43.0. The number of carbonyl (C=O) groups is 1. The molecule has 8 heteroatoms. The van der Waals surface area contributed by atoms with Crippen molar-refractivity contribution in [3.05, 3.63) is 24.0 Å². The highest BCUT2D eigenvalue weighted by Gasteiger charge is 2.21. The first kappa shape index (κ1) is 16.4. The minimum Gasteiger partial charge on any atom is -0.469 e. The molecular weight excluding hydrogens is 287 g/mol. The number of methoxy groups -OCH3 is 1. The molecule has 112 valence electrons. The zero-order valence-corrected chi connectivity index (χ0v) is 12.1. The van der Waals surface area contributed by atoms with Crippen LogP contribution < -0.4 is 5.73 Å². The molecule has 0 atom stereocenters. The van der Waals surface area contributed by atoms with Gasteiger partial charge in [0.1, 0.15) is 5.82 Å². The number of ether oxygens (including phenoxy) is 1. The molecule has 0 spiro atoms. The second kappa shape index (κ2) is 6.67. The summed E-state index contributed by atoms with van der Waals surface area (Å²) in [5, 5.41) is 0. The van der Waals surface area contributed by atoms with E-state index >= 15 is 0 Å². The number of carbonyl (C=O) groups excluding carboxylic acids is 1. The van der Waals surface area contributed by atoms with Crippen molar-refractivity contribution in [1.29, 1.82) is 0 Å². The van der Waals surface area contributed by atoms with Crippen molar-refractivity contribution in [3.8, 4) is 0 Å². The van der Waals surface area contributed by atoms with E-state index in [1.165, 1.54) is 20.2 Å². The molecule has 1 aromatic rings. The molecule has 0 aliphatic rings. The molecule has 0 amide bonds. The van der Waals surface area contributed by atoms with Crippen LogP contribution in [0.25, 0.3) is 0 Å². The first-order valence-electron chi connectivity index (χ1n) is 5.86. The molecule has 0 saturated carbocycles. The van der Waals surface area contributed by atoms with Crippen LogP contribution in [0.4, 0.5) is 10.1 Å². The molecule has 0 aromatic heterocycles. The Morgan fingerprint density at radius 3 is 2.60 bits per heavy atom. The van der Waals surface area contributed by atoms with E-state index in [2.05, 4.69) is 4.74 Å². The minimum absolute atomic E-state index is 0.0338. The van der Waals surface area contributed by atoms with E-state index in [0.29, 0.717) is 6.42 Å². The van der Waals surface area contributed by atoms with Crippen LogP contribution in [-0.4, -0.2) is 39.4 Å². The topological polar surface area (TPSA) is 89.7 Å². The van der Waals surface area contributed by atoms with Gasteiger partial charge in [-0.05, 0) is 24.6 Å². The fourth-order valence-corrected chi connectivity index (χ4v) is 2.86. The molecule has 1 rings (SSSR count). The summed E-state index contributed by atoms with van der Waals surface area (Å²) in [5.41, 5.74) is 5.46. The van der Waals surface area contributed by atoms with Crippen molar-refractivity contribution in [2.24, 2.45) is 0 Å². The van der Waals surface area contributed by atoms with Crippen molar-refractivity contribution in [3.63, 3.8) is 0 Å². The summed E-state index contributed by atoms with van der Waals surface area (Å²) in [5.74, 6) is -1.13. The smallest absolute Gasteiger partial charge is 0.305 e. The molecule has 0 saturated heterocycles. The van der Waals surface area contributed by atoms with E-state index in [0.717, 1.165) is 16.4 Å². The van der Waals surface area contributed by atoms with Crippen LogP contribution in [0.15, 0.2) is 23.1 Å². The maximum atomic E-state index is 13.2. The third-order valence-electron chi connectivity index (χ3n) is 2.68. The standard InChI is InChI=1S/C12H17FN2O4S/c1-15(5-3-4-12(16)19-2)20(17,18)11-7-9(13)6-10(14)8-11/h6-8H,3-5,14H2,1-2H3. The zero-order chi connectivity index (χ0) is 15.3. The van der Waals surface area contributed by atoms with Gasteiger partial charge in [0.05, 0.1) is 12.0 Å². The number of hydrogen-bond donors (Lipinski definition) is 1. The van der Waals surface area contributed by atoms with Gasteiger partial charge in [-0.2, -0.15) is 0 Å². The van der Waals surface area contributed by atoms with Crippen molar-refractivity contribution in [2.75, 3.05) is 26.4 Å². The fourth-order valence-electron chi connectivity index (χ4n) is 1.58. The highest BCUT2D eigenvalue weighted by Crippen LogP contribution is 2.19. The Kier molecular flexibility index (Phi) is 5.46. The number of halogens is 1. The number of nitrogen functional groups attached to an aromatic ring is 1. The summed E-state index contributed by atoms with van der Waals surface area (Å²) in [6.45, 7) is 0.119. The molecule has 0 bridgehead atoms. The number of esters is 1.